The van der Waals surface area contributed by atoms with Crippen molar-refractivity contribution in [1.82, 2.24) is 10.2 Å². The number of fused-ring (bicyclic) bond motifs is 1. The van der Waals surface area contributed by atoms with Crippen LogP contribution in [0.1, 0.15) is 64.7 Å². The highest BCUT2D eigenvalue weighted by atomic mass is 16.5. The van der Waals surface area contributed by atoms with Crippen LogP contribution >= 0.6 is 0 Å². The molecular weight excluding hydrogens is 248 g/mol. The van der Waals surface area contributed by atoms with E-state index in [1.165, 1.54) is 70.9 Å². The van der Waals surface area contributed by atoms with Gasteiger partial charge in [-0.05, 0) is 51.5 Å². The quantitative estimate of drug-likeness (QED) is 0.857. The lowest BCUT2D eigenvalue weighted by atomic mass is 9.85. The van der Waals surface area contributed by atoms with E-state index in [2.05, 4.69) is 17.1 Å². The monoisotopic (exact) mass is 280 g/mol. The summed E-state index contributed by atoms with van der Waals surface area (Å²) in [6, 6.07) is 2.36. The number of ether oxygens (including phenoxy) is 1. The van der Waals surface area contributed by atoms with Crippen molar-refractivity contribution in [3.05, 3.63) is 0 Å². The van der Waals surface area contributed by atoms with E-state index in [1.807, 2.05) is 0 Å². The molecule has 20 heavy (non-hydrogen) atoms. The highest BCUT2D eigenvalue weighted by Crippen LogP contribution is 2.33. The van der Waals surface area contributed by atoms with Crippen LogP contribution in [0.15, 0.2) is 0 Å². The lowest BCUT2D eigenvalue weighted by Crippen LogP contribution is -2.57. The van der Waals surface area contributed by atoms with Gasteiger partial charge in [0.15, 0.2) is 0 Å². The van der Waals surface area contributed by atoms with E-state index >= 15 is 0 Å². The van der Waals surface area contributed by atoms with E-state index in [0.29, 0.717) is 6.10 Å². The molecule has 2 saturated carbocycles. The molecule has 0 spiro atoms. The Morgan fingerprint density at radius 2 is 1.85 bits per heavy atom. The zero-order valence-corrected chi connectivity index (χ0v) is 13.2. The molecule has 3 rings (SSSR count). The molecule has 0 bridgehead atoms. The molecule has 0 amide bonds. The Balaban J connectivity index is 1.51. The Labute approximate surface area is 124 Å². The van der Waals surface area contributed by atoms with Gasteiger partial charge in [-0.25, -0.2) is 0 Å². The lowest BCUT2D eigenvalue weighted by Gasteiger charge is -2.49. The Morgan fingerprint density at radius 1 is 1.05 bits per heavy atom. The molecule has 1 N–H and O–H groups in total. The van der Waals surface area contributed by atoms with Gasteiger partial charge in [0.25, 0.3) is 0 Å². The molecule has 1 saturated heterocycles. The van der Waals surface area contributed by atoms with Gasteiger partial charge in [-0.3, -0.25) is 4.90 Å². The van der Waals surface area contributed by atoms with Crippen LogP contribution in [0.5, 0.6) is 0 Å². The molecule has 2 atom stereocenters. The van der Waals surface area contributed by atoms with Gasteiger partial charge in [-0.15, -0.1) is 0 Å². The van der Waals surface area contributed by atoms with Crippen molar-refractivity contribution in [2.45, 2.75) is 88.9 Å². The summed E-state index contributed by atoms with van der Waals surface area (Å²) < 4.78 is 6.02. The third-order valence-electron chi connectivity index (χ3n) is 5.62. The summed E-state index contributed by atoms with van der Waals surface area (Å²) in [5.41, 5.74) is 0. The maximum atomic E-state index is 6.02. The molecule has 0 aromatic heterocycles. The van der Waals surface area contributed by atoms with Crippen molar-refractivity contribution < 1.29 is 4.74 Å². The van der Waals surface area contributed by atoms with Crippen molar-refractivity contribution in [1.29, 1.82) is 0 Å². The van der Waals surface area contributed by atoms with Crippen LogP contribution < -0.4 is 5.32 Å². The summed E-state index contributed by atoms with van der Waals surface area (Å²) in [6.45, 7) is 5.60. The van der Waals surface area contributed by atoms with Crippen LogP contribution in [-0.2, 0) is 4.74 Å². The fourth-order valence-corrected chi connectivity index (χ4v) is 4.54. The number of hydrogen-bond acceptors (Lipinski definition) is 3. The minimum atomic E-state index is 0.549. The molecule has 0 radical (unpaired) electrons. The number of nitrogens with zero attached hydrogens (tertiary/aromatic N) is 1. The summed E-state index contributed by atoms with van der Waals surface area (Å²) >= 11 is 0. The third-order valence-corrected chi connectivity index (χ3v) is 5.62. The minimum Gasteiger partial charge on any atom is -0.375 e. The second-order valence-electron chi connectivity index (χ2n) is 6.96. The number of hydrogen-bond donors (Lipinski definition) is 1. The molecule has 3 heteroatoms. The van der Waals surface area contributed by atoms with Gasteiger partial charge in [-0.1, -0.05) is 19.8 Å². The van der Waals surface area contributed by atoms with Crippen LogP contribution in [0.3, 0.4) is 0 Å². The van der Waals surface area contributed by atoms with Gasteiger partial charge in [0.2, 0.25) is 0 Å². The average Bonchev–Trinajstić information content (AvgIpc) is 2.53. The maximum Gasteiger partial charge on any atom is 0.0731 e. The summed E-state index contributed by atoms with van der Waals surface area (Å²) in [5.74, 6) is 0. The largest absolute Gasteiger partial charge is 0.375 e. The third kappa shape index (κ3) is 3.37. The normalized spacial score (nSPS) is 39.5. The van der Waals surface area contributed by atoms with Crippen LogP contribution in [-0.4, -0.2) is 48.8 Å². The predicted octanol–water partition coefficient (Wildman–Crippen LogP) is 2.94. The summed E-state index contributed by atoms with van der Waals surface area (Å²) in [6.07, 6.45) is 12.8. The molecule has 1 aliphatic heterocycles. The van der Waals surface area contributed by atoms with E-state index in [1.54, 1.807) is 0 Å². The molecular formula is C17H32N2O. The topological polar surface area (TPSA) is 24.5 Å². The summed E-state index contributed by atoms with van der Waals surface area (Å²) in [5, 5.41) is 3.71. The molecule has 3 aliphatic rings. The Morgan fingerprint density at radius 3 is 2.65 bits per heavy atom. The lowest BCUT2D eigenvalue weighted by molar-refractivity contribution is -0.107. The van der Waals surface area contributed by atoms with Gasteiger partial charge in [0.05, 0.1) is 12.7 Å². The summed E-state index contributed by atoms with van der Waals surface area (Å²) in [4.78, 5) is 2.84. The molecule has 3 nitrogen and oxygen atoms in total. The first-order valence-corrected chi connectivity index (χ1v) is 8.99. The number of nitrogens with one attached hydrogen (secondary N) is 1. The first kappa shape index (κ1) is 14.8. The van der Waals surface area contributed by atoms with Gasteiger partial charge < -0.3 is 10.1 Å². The van der Waals surface area contributed by atoms with Crippen molar-refractivity contribution >= 4 is 0 Å². The van der Waals surface area contributed by atoms with E-state index in [9.17, 15) is 0 Å². The molecule has 3 fully saturated rings. The molecule has 0 aromatic rings. The van der Waals surface area contributed by atoms with Crippen molar-refractivity contribution in [3.8, 4) is 0 Å². The summed E-state index contributed by atoms with van der Waals surface area (Å²) in [7, 11) is 0. The Hall–Kier alpha value is -0.120. The van der Waals surface area contributed by atoms with Crippen molar-refractivity contribution in [3.63, 3.8) is 0 Å². The van der Waals surface area contributed by atoms with Gasteiger partial charge in [0, 0.05) is 24.7 Å². The number of morpholine rings is 1. The Bertz CT molecular complexity index is 287. The van der Waals surface area contributed by atoms with Crippen molar-refractivity contribution in [2.24, 2.45) is 0 Å². The van der Waals surface area contributed by atoms with Crippen LogP contribution in [0.4, 0.5) is 0 Å². The van der Waals surface area contributed by atoms with Crippen LogP contribution in [0, 0.1) is 0 Å². The zero-order valence-electron chi connectivity index (χ0n) is 13.2. The number of rotatable bonds is 4. The Kier molecular flexibility index (Phi) is 5.36. The molecule has 2 aliphatic carbocycles. The van der Waals surface area contributed by atoms with Gasteiger partial charge in [0.1, 0.15) is 0 Å². The average molecular weight is 280 g/mol. The highest BCUT2D eigenvalue weighted by Gasteiger charge is 2.38. The first-order chi connectivity index (χ1) is 9.88. The minimum absolute atomic E-state index is 0.549. The smallest absolute Gasteiger partial charge is 0.0731 e. The van der Waals surface area contributed by atoms with Gasteiger partial charge in [-0.2, -0.15) is 0 Å². The van der Waals surface area contributed by atoms with Gasteiger partial charge >= 0.3 is 0 Å². The SMILES string of the molecule is CCCNC1CCC(N2CCOC3CCCCC32)CC1. The highest BCUT2D eigenvalue weighted by molar-refractivity contribution is 4.93. The zero-order chi connectivity index (χ0) is 13.8. The first-order valence-electron chi connectivity index (χ1n) is 8.99. The van der Waals surface area contributed by atoms with Crippen molar-refractivity contribution in [2.75, 3.05) is 19.7 Å². The molecule has 1 heterocycles. The van der Waals surface area contributed by atoms with E-state index in [0.717, 1.165) is 24.7 Å². The van der Waals surface area contributed by atoms with E-state index in [4.69, 9.17) is 4.74 Å². The van der Waals surface area contributed by atoms with Crippen LogP contribution in [0.2, 0.25) is 0 Å². The van der Waals surface area contributed by atoms with E-state index in [-0.39, 0.29) is 0 Å². The molecule has 0 aromatic carbocycles. The second kappa shape index (κ2) is 7.24. The van der Waals surface area contributed by atoms with Crippen LogP contribution in [0.25, 0.3) is 0 Å². The molecule has 116 valence electrons. The predicted molar refractivity (Wildman–Crippen MR) is 83.0 cm³/mol. The maximum absolute atomic E-state index is 6.02. The molecule has 2 unspecified atom stereocenters. The standard InChI is InChI=1S/C17H32N2O/c1-2-11-18-14-7-9-15(10-8-14)19-12-13-20-17-6-4-3-5-16(17)19/h14-18H,2-13H2,1H3. The second-order valence-corrected chi connectivity index (χ2v) is 6.96. The fraction of sp³-hybridized carbons (Fsp3) is 1.00. The van der Waals surface area contributed by atoms with E-state index < -0.39 is 0 Å². The fourth-order valence-electron chi connectivity index (χ4n) is 4.54.